The summed E-state index contributed by atoms with van der Waals surface area (Å²) >= 11 is 0. The van der Waals surface area contributed by atoms with Gasteiger partial charge in [-0.2, -0.15) is 5.26 Å². The Bertz CT molecular complexity index is 1300. The third-order valence-electron chi connectivity index (χ3n) is 4.95. The summed E-state index contributed by atoms with van der Waals surface area (Å²) in [6.07, 6.45) is 0.850. The summed E-state index contributed by atoms with van der Waals surface area (Å²) in [6.45, 7) is 3.21. The summed E-state index contributed by atoms with van der Waals surface area (Å²) in [6, 6.07) is 4.73. The molecule has 1 aliphatic rings. The number of fused-ring (bicyclic) bond motifs is 3. The van der Waals surface area contributed by atoms with Gasteiger partial charge in [-0.1, -0.05) is 0 Å². The summed E-state index contributed by atoms with van der Waals surface area (Å²) in [4.78, 5) is 19.3. The number of anilines is 4. The number of aromatic nitrogens is 1. The summed E-state index contributed by atoms with van der Waals surface area (Å²) in [5.74, 6) is -4.27. The van der Waals surface area contributed by atoms with Crippen molar-refractivity contribution in [3.05, 3.63) is 65.4 Å². The molecular formula is C22H15F4N5O. The predicted molar refractivity (Wildman–Crippen MR) is 110 cm³/mol. The molecule has 0 saturated carbocycles. The van der Waals surface area contributed by atoms with Gasteiger partial charge in [-0.3, -0.25) is 9.80 Å². The van der Waals surface area contributed by atoms with Crippen LogP contribution in [0.2, 0.25) is 0 Å². The highest BCUT2D eigenvalue weighted by atomic mass is 19.1. The number of nitrogen functional groups attached to an aromatic ring is 1. The zero-order valence-electron chi connectivity index (χ0n) is 16.8. The smallest absolute Gasteiger partial charge is 0.335 e. The van der Waals surface area contributed by atoms with Gasteiger partial charge in [0.05, 0.1) is 23.5 Å². The molecule has 0 saturated heterocycles. The predicted octanol–water partition coefficient (Wildman–Crippen LogP) is 5.25. The lowest BCUT2D eigenvalue weighted by Gasteiger charge is -2.31. The minimum Gasteiger partial charge on any atom is -0.399 e. The number of benzene rings is 2. The first-order valence-corrected chi connectivity index (χ1v) is 9.41. The van der Waals surface area contributed by atoms with Crippen LogP contribution in [0.4, 0.5) is 45.2 Å². The molecule has 2 amide bonds. The third-order valence-corrected chi connectivity index (χ3v) is 4.95. The second-order valence-electron chi connectivity index (χ2n) is 7.40. The molecule has 0 spiro atoms. The van der Waals surface area contributed by atoms with E-state index in [1.807, 2.05) is 0 Å². The van der Waals surface area contributed by atoms with Gasteiger partial charge < -0.3 is 5.73 Å². The number of hydrogen-bond donors (Lipinski definition) is 1. The maximum Gasteiger partial charge on any atom is 0.335 e. The first kappa shape index (κ1) is 21.1. The van der Waals surface area contributed by atoms with Crippen molar-refractivity contribution in [3.63, 3.8) is 0 Å². The molecule has 0 atom stereocenters. The number of rotatable bonds is 2. The minimum atomic E-state index is -1.18. The van der Waals surface area contributed by atoms with Crippen LogP contribution in [-0.2, 0) is 0 Å². The monoisotopic (exact) mass is 441 g/mol. The van der Waals surface area contributed by atoms with Crippen LogP contribution < -0.4 is 15.5 Å². The molecule has 0 bridgehead atoms. The van der Waals surface area contributed by atoms with Crippen LogP contribution in [0.3, 0.4) is 0 Å². The normalized spacial score (nSPS) is 13.0. The molecule has 2 heterocycles. The van der Waals surface area contributed by atoms with Crippen molar-refractivity contribution in [2.45, 2.75) is 19.9 Å². The molecular weight excluding hydrogens is 426 g/mol. The fourth-order valence-electron chi connectivity index (χ4n) is 3.69. The summed E-state index contributed by atoms with van der Waals surface area (Å²) in [5.41, 5.74) is 3.46. The Labute approximate surface area is 180 Å². The highest BCUT2D eigenvalue weighted by Crippen LogP contribution is 2.46. The van der Waals surface area contributed by atoms with E-state index in [2.05, 4.69) is 4.98 Å². The topological polar surface area (TPSA) is 86.3 Å². The molecule has 0 radical (unpaired) electrons. The van der Waals surface area contributed by atoms with Gasteiger partial charge in [0.1, 0.15) is 23.1 Å². The Hall–Kier alpha value is -4.13. The molecule has 0 fully saturated rings. The van der Waals surface area contributed by atoms with Gasteiger partial charge in [0, 0.05) is 22.9 Å². The van der Waals surface area contributed by atoms with Gasteiger partial charge in [0.2, 0.25) is 0 Å². The molecule has 4 rings (SSSR count). The SMILES string of the molecule is CC(C)N1C(=O)N(c2c(F)cc(N)cc2F)c2cc(C#N)cc(F)c2-c2cc(F)cnc21. The van der Waals surface area contributed by atoms with E-state index >= 15 is 4.39 Å². The van der Waals surface area contributed by atoms with E-state index in [0.29, 0.717) is 4.90 Å². The first-order valence-electron chi connectivity index (χ1n) is 9.41. The van der Waals surface area contributed by atoms with Crippen LogP contribution in [0.1, 0.15) is 19.4 Å². The summed E-state index contributed by atoms with van der Waals surface area (Å²) in [5, 5.41) is 9.31. The van der Waals surface area contributed by atoms with Crippen LogP contribution in [0.5, 0.6) is 0 Å². The Balaban J connectivity index is 2.18. The number of pyridine rings is 1. The lowest BCUT2D eigenvalue weighted by Crippen LogP contribution is -2.45. The van der Waals surface area contributed by atoms with Crippen LogP contribution in [-0.4, -0.2) is 17.1 Å². The van der Waals surface area contributed by atoms with E-state index in [1.54, 1.807) is 19.9 Å². The van der Waals surface area contributed by atoms with E-state index in [0.717, 1.165) is 41.4 Å². The van der Waals surface area contributed by atoms with Gasteiger partial charge in [-0.25, -0.2) is 27.3 Å². The van der Waals surface area contributed by atoms with E-state index in [4.69, 9.17) is 5.73 Å². The molecule has 1 aliphatic heterocycles. The molecule has 2 N–H and O–H groups in total. The molecule has 0 aliphatic carbocycles. The molecule has 2 aromatic carbocycles. The van der Waals surface area contributed by atoms with Crippen molar-refractivity contribution in [1.29, 1.82) is 5.26 Å². The van der Waals surface area contributed by atoms with Crippen LogP contribution >= 0.6 is 0 Å². The number of nitrogens with two attached hydrogens (primary N) is 1. The van der Waals surface area contributed by atoms with Gasteiger partial charge in [0.25, 0.3) is 0 Å². The number of carbonyl (C=O) groups is 1. The van der Waals surface area contributed by atoms with Gasteiger partial charge in [0.15, 0.2) is 11.6 Å². The fraction of sp³-hybridized carbons (Fsp3) is 0.136. The first-order chi connectivity index (χ1) is 15.1. The minimum absolute atomic E-state index is 0.102. The number of halogens is 4. The Morgan fingerprint density at radius 1 is 1.03 bits per heavy atom. The Morgan fingerprint density at radius 2 is 1.69 bits per heavy atom. The van der Waals surface area contributed by atoms with E-state index in [1.165, 1.54) is 0 Å². The van der Waals surface area contributed by atoms with Crippen molar-refractivity contribution in [3.8, 4) is 17.2 Å². The molecule has 6 nitrogen and oxygen atoms in total. The van der Waals surface area contributed by atoms with Gasteiger partial charge >= 0.3 is 6.03 Å². The maximum absolute atomic E-state index is 15.3. The summed E-state index contributed by atoms with van der Waals surface area (Å²) < 4.78 is 59.2. The van der Waals surface area contributed by atoms with Gasteiger partial charge in [-0.15, -0.1) is 0 Å². The van der Waals surface area contributed by atoms with Crippen molar-refractivity contribution >= 4 is 28.9 Å². The van der Waals surface area contributed by atoms with Crippen LogP contribution in [0, 0.1) is 34.6 Å². The molecule has 0 unspecified atom stereocenters. The van der Waals surface area contributed by atoms with E-state index in [9.17, 15) is 23.2 Å². The lowest BCUT2D eigenvalue weighted by atomic mass is 10.00. The third kappa shape index (κ3) is 3.19. The number of amides is 2. The number of nitriles is 1. The second kappa shape index (κ2) is 7.53. The summed E-state index contributed by atoms with van der Waals surface area (Å²) in [7, 11) is 0. The number of nitrogens with zero attached hydrogens (tertiary/aromatic N) is 4. The fourth-order valence-corrected chi connectivity index (χ4v) is 3.69. The number of urea groups is 1. The van der Waals surface area contributed by atoms with Crippen molar-refractivity contribution in [2.24, 2.45) is 0 Å². The molecule has 1 aromatic heterocycles. The van der Waals surface area contributed by atoms with E-state index in [-0.39, 0.29) is 33.9 Å². The highest BCUT2D eigenvalue weighted by Gasteiger charge is 2.39. The van der Waals surface area contributed by atoms with Crippen molar-refractivity contribution in [2.75, 3.05) is 15.5 Å². The van der Waals surface area contributed by atoms with E-state index < -0.39 is 41.0 Å². The average Bonchev–Trinajstić information content (AvgIpc) is 2.80. The average molecular weight is 441 g/mol. The maximum atomic E-state index is 15.3. The van der Waals surface area contributed by atoms with Crippen LogP contribution in [0.25, 0.3) is 11.1 Å². The Kier molecular flexibility index (Phi) is 4.97. The zero-order chi connectivity index (χ0) is 23.3. The molecule has 3 aromatic rings. The van der Waals surface area contributed by atoms with Crippen LogP contribution in [0.15, 0.2) is 36.5 Å². The van der Waals surface area contributed by atoms with Crippen molar-refractivity contribution < 1.29 is 22.4 Å². The second-order valence-corrected chi connectivity index (χ2v) is 7.40. The quantitative estimate of drug-likeness (QED) is 0.435. The molecule has 32 heavy (non-hydrogen) atoms. The lowest BCUT2D eigenvalue weighted by molar-refractivity contribution is 0.251. The number of carbonyl (C=O) groups excluding carboxylic acids is 1. The Morgan fingerprint density at radius 3 is 2.28 bits per heavy atom. The van der Waals surface area contributed by atoms with Crippen molar-refractivity contribution in [1.82, 2.24) is 4.98 Å². The largest absolute Gasteiger partial charge is 0.399 e. The standard InChI is InChI=1S/C22H15F4N5O/c1-10(2)30-21-14(5-12(23)9-29-21)19-15(24)3-11(8-27)4-18(19)31(22(30)32)20-16(25)6-13(28)7-17(20)26/h3-7,9-10H,28H2,1-2H3. The zero-order valence-corrected chi connectivity index (χ0v) is 16.8. The number of hydrogen-bond acceptors (Lipinski definition) is 4. The molecule has 162 valence electrons. The van der Waals surface area contributed by atoms with Gasteiger partial charge in [-0.05, 0) is 44.2 Å². The highest BCUT2D eigenvalue weighted by molar-refractivity contribution is 6.15. The molecule has 10 heteroatoms.